The third-order valence-corrected chi connectivity index (χ3v) is 11.8. The number of anilines is 3. The largest absolute Gasteiger partial charge is 0.397 e. The zero-order chi connectivity index (χ0) is 47.9. The van der Waals surface area contributed by atoms with Crippen LogP contribution in [0, 0.1) is 0 Å². The number of nitrogens with one attached hydrogen (secondary N) is 2. The fraction of sp³-hybridized carbons (Fsp3) is 0.0816. The smallest absolute Gasteiger partial charge is 0.228 e. The van der Waals surface area contributed by atoms with Gasteiger partial charge >= 0.3 is 0 Å². The fourth-order valence-electron chi connectivity index (χ4n) is 7.11. The number of benzene rings is 3. The molecule has 0 atom stereocenters. The molecule has 68 heavy (non-hydrogen) atoms. The Morgan fingerprint density at radius 2 is 1.06 bits per heavy atom. The molecule has 3 aromatic carbocycles. The number of pyridine rings is 6. The van der Waals surface area contributed by atoms with Gasteiger partial charge < -0.3 is 21.8 Å². The maximum atomic E-state index is 12.3. The lowest BCUT2D eigenvalue weighted by Crippen LogP contribution is -2.16. The Morgan fingerprint density at radius 3 is 1.65 bits per heavy atom. The zero-order valence-electron chi connectivity index (χ0n) is 35.3. The van der Waals surface area contributed by atoms with E-state index in [-0.39, 0.29) is 34.8 Å². The van der Waals surface area contributed by atoms with E-state index in [1.165, 1.54) is 6.20 Å². The highest BCUT2D eigenvalue weighted by molar-refractivity contribution is 6.34. The van der Waals surface area contributed by atoms with Gasteiger partial charge in [0.1, 0.15) is 22.8 Å². The number of Topliss-reactive ketones (excluding diaryl/α,β-unsaturated/α-hetero) is 1. The molecule has 340 valence electrons. The number of imidazole rings is 1. The molecule has 0 aliphatic heterocycles. The lowest BCUT2D eigenvalue weighted by molar-refractivity contribution is -0.118. The molecule has 10 rings (SSSR count). The van der Waals surface area contributed by atoms with Crippen molar-refractivity contribution < 1.29 is 9.59 Å². The van der Waals surface area contributed by atoms with Crippen LogP contribution in [0.25, 0.3) is 43.7 Å². The first kappa shape index (κ1) is 47.8. The Labute approximate surface area is 418 Å². The maximum Gasteiger partial charge on any atom is 0.228 e. The number of fused-ring (bicyclic) bond motifs is 4. The van der Waals surface area contributed by atoms with Gasteiger partial charge in [-0.3, -0.25) is 24.5 Å². The number of ketones is 1. The number of nitrogens with two attached hydrogens (primary N) is 2. The third kappa shape index (κ3) is 12.1. The van der Waals surface area contributed by atoms with Gasteiger partial charge in [-0.25, -0.2) is 19.9 Å². The predicted octanol–water partition coefficient (Wildman–Crippen LogP) is 12.0. The van der Waals surface area contributed by atoms with E-state index in [2.05, 4.69) is 51.3 Å². The maximum absolute atomic E-state index is 12.3. The molecule has 10 aromatic rings. The average molecular weight is 1020 g/mol. The molecule has 0 spiro atoms. The van der Waals surface area contributed by atoms with E-state index in [4.69, 9.17) is 81.1 Å². The summed E-state index contributed by atoms with van der Waals surface area (Å²) in [5, 5.41) is 8.03. The average Bonchev–Trinajstić information content (AvgIpc) is 3.73. The molecular formula is C49H35Cl6N11O2. The van der Waals surface area contributed by atoms with Crippen LogP contribution in [0.2, 0.25) is 30.5 Å². The van der Waals surface area contributed by atoms with E-state index < -0.39 is 0 Å². The monoisotopic (exact) mass is 1020 g/mol. The Morgan fingerprint density at radius 1 is 0.544 bits per heavy atom. The molecule has 0 bridgehead atoms. The van der Waals surface area contributed by atoms with Crippen molar-refractivity contribution in [3.05, 3.63) is 187 Å². The molecule has 0 saturated carbocycles. The quantitative estimate of drug-likeness (QED) is 0.100. The van der Waals surface area contributed by atoms with E-state index in [0.29, 0.717) is 61.2 Å². The number of carbonyl (C=O) groups is 2. The third-order valence-electron chi connectivity index (χ3n) is 10.3. The van der Waals surface area contributed by atoms with Gasteiger partial charge in [-0.1, -0.05) is 87.8 Å². The second-order valence-corrected chi connectivity index (χ2v) is 17.6. The first-order chi connectivity index (χ1) is 32.7. The summed E-state index contributed by atoms with van der Waals surface area (Å²) in [7, 11) is 0. The van der Waals surface area contributed by atoms with Crippen LogP contribution in [0.3, 0.4) is 0 Å². The number of rotatable bonds is 9. The van der Waals surface area contributed by atoms with Gasteiger partial charge in [0.05, 0.1) is 54.9 Å². The van der Waals surface area contributed by atoms with E-state index in [1.54, 1.807) is 49.2 Å². The minimum atomic E-state index is -0.235. The molecule has 0 unspecified atom stereocenters. The summed E-state index contributed by atoms with van der Waals surface area (Å²) in [5.74, 6) is 0.661. The molecule has 6 N–H and O–H groups in total. The van der Waals surface area contributed by atoms with Crippen LogP contribution in [0.1, 0.15) is 28.1 Å². The normalized spacial score (nSPS) is 11.0. The molecule has 7 heterocycles. The highest BCUT2D eigenvalue weighted by atomic mass is 35.5. The van der Waals surface area contributed by atoms with Crippen LogP contribution in [-0.2, 0) is 35.3 Å². The standard InChI is InChI=1S/C17H13Cl2N3O.C16H12Cl2N4O.C16H10Cl2N4/c18-13-7-12-5-10(1-2-15(12)22-9-13)6-14(23)8-11-3-4-21-17(19)16(11)20;17-11-7-10-5-9(1-2-13(10)21-8-11)6-14(23)22-15-12(19)3-4-20-16(15)18;17-11-7-10-5-9(1-2-12(10)20-8-11)6-14-21-13-3-4-19-16(18)15(13)22-14/h1-5,7,9H,6,8,20H2;1-5,7-8H,6H2,(H2,19,20)(H,22,23);1-5,7-8H,6H2,(H,21,22). The molecule has 0 radical (unpaired) electrons. The minimum absolute atomic E-state index is 0.0494. The van der Waals surface area contributed by atoms with Crippen LogP contribution < -0.4 is 16.8 Å². The number of carbonyl (C=O) groups excluding carboxylic acids is 2. The number of H-pyrrole nitrogens is 1. The number of nitrogen functional groups attached to an aromatic ring is 2. The van der Waals surface area contributed by atoms with Crippen LogP contribution in [0.5, 0.6) is 0 Å². The molecule has 13 nitrogen and oxygen atoms in total. The second-order valence-electron chi connectivity index (χ2n) is 15.3. The van der Waals surface area contributed by atoms with E-state index in [9.17, 15) is 9.59 Å². The number of aromatic amines is 1. The summed E-state index contributed by atoms with van der Waals surface area (Å²) in [6.07, 6.45) is 10.9. The van der Waals surface area contributed by atoms with Gasteiger partial charge in [-0.2, -0.15) is 0 Å². The summed E-state index contributed by atoms with van der Waals surface area (Å²) in [6, 6.07) is 28.1. The van der Waals surface area contributed by atoms with Crippen LogP contribution >= 0.6 is 69.6 Å². The van der Waals surface area contributed by atoms with Crippen molar-refractivity contribution in [3.8, 4) is 0 Å². The Bertz CT molecular complexity index is 3500. The first-order valence-electron chi connectivity index (χ1n) is 20.5. The van der Waals surface area contributed by atoms with Gasteiger partial charge in [-0.15, -0.1) is 0 Å². The van der Waals surface area contributed by atoms with Crippen molar-refractivity contribution in [1.82, 2.24) is 39.9 Å². The molecule has 1 amide bonds. The number of hydrogen-bond acceptors (Lipinski definition) is 11. The van der Waals surface area contributed by atoms with Crippen LogP contribution in [0.15, 0.2) is 128 Å². The molecule has 7 aromatic heterocycles. The highest BCUT2D eigenvalue weighted by Gasteiger charge is 2.14. The van der Waals surface area contributed by atoms with Gasteiger partial charge in [0.15, 0.2) is 15.5 Å². The van der Waals surface area contributed by atoms with Crippen molar-refractivity contribution in [2.75, 3.05) is 16.8 Å². The highest BCUT2D eigenvalue weighted by Crippen LogP contribution is 2.27. The van der Waals surface area contributed by atoms with Crippen molar-refractivity contribution in [2.24, 2.45) is 0 Å². The number of hydrogen-bond donors (Lipinski definition) is 4. The molecular weight excluding hydrogens is 987 g/mol. The lowest BCUT2D eigenvalue weighted by Gasteiger charge is -2.09. The van der Waals surface area contributed by atoms with E-state index in [1.807, 2.05) is 66.7 Å². The molecule has 0 saturated heterocycles. The Hall–Kier alpha value is -6.71. The summed E-state index contributed by atoms with van der Waals surface area (Å²) >= 11 is 35.8. The molecule has 0 aliphatic rings. The number of aromatic nitrogens is 8. The molecule has 19 heteroatoms. The van der Waals surface area contributed by atoms with Gasteiger partial charge in [-0.05, 0) is 95.1 Å². The van der Waals surface area contributed by atoms with Gasteiger partial charge in [0.25, 0.3) is 0 Å². The second kappa shape index (κ2) is 21.5. The zero-order valence-corrected chi connectivity index (χ0v) is 39.9. The number of nitrogens with zero attached hydrogens (tertiary/aromatic N) is 7. The van der Waals surface area contributed by atoms with Crippen molar-refractivity contribution in [3.63, 3.8) is 0 Å². The first-order valence-corrected chi connectivity index (χ1v) is 22.7. The lowest BCUT2D eigenvalue weighted by atomic mass is 10.0. The summed E-state index contributed by atoms with van der Waals surface area (Å²) in [4.78, 5) is 56.8. The SMILES string of the molecule is Clc1cnc2ccc(Cc3nc4c(Cl)nccc4[nH]3)cc2c1.Nc1c(CC(=O)Cc2ccc3ncc(Cl)cc3c2)ccnc1Cl.Nc1ccnc(Cl)c1NC(=O)Cc1ccc2ncc(Cl)cc2c1. The minimum Gasteiger partial charge on any atom is -0.397 e. The van der Waals surface area contributed by atoms with Crippen LogP contribution in [-0.4, -0.2) is 51.6 Å². The summed E-state index contributed by atoms with van der Waals surface area (Å²) in [6.45, 7) is 0. The molecule has 0 fully saturated rings. The fourth-order valence-corrected chi connectivity index (χ4v) is 8.20. The van der Waals surface area contributed by atoms with Crippen molar-refractivity contribution in [1.29, 1.82) is 0 Å². The predicted molar refractivity (Wildman–Crippen MR) is 274 cm³/mol. The Balaban J connectivity index is 0.000000138. The number of amides is 1. The van der Waals surface area contributed by atoms with E-state index >= 15 is 0 Å². The van der Waals surface area contributed by atoms with E-state index in [0.717, 1.165) is 60.7 Å². The van der Waals surface area contributed by atoms with Gasteiger partial charge in [0, 0.05) is 72.6 Å². The topological polar surface area (TPSA) is 204 Å². The summed E-state index contributed by atoms with van der Waals surface area (Å²) < 4.78 is 0. The number of halogens is 6. The van der Waals surface area contributed by atoms with Crippen LogP contribution in [0.4, 0.5) is 17.1 Å². The Kier molecular flexibility index (Phi) is 15.1. The van der Waals surface area contributed by atoms with Gasteiger partial charge in [0.2, 0.25) is 5.91 Å². The molecule has 0 aliphatic carbocycles. The van der Waals surface area contributed by atoms with Crippen molar-refractivity contribution >= 4 is 142 Å². The summed E-state index contributed by atoms with van der Waals surface area (Å²) in [5.41, 5.74) is 20.4. The van der Waals surface area contributed by atoms with Crippen molar-refractivity contribution in [2.45, 2.75) is 25.7 Å².